The summed E-state index contributed by atoms with van der Waals surface area (Å²) in [5.74, 6) is 0. The lowest BCUT2D eigenvalue weighted by molar-refractivity contribution is 0.00578. The van der Waals surface area contributed by atoms with E-state index in [0.717, 1.165) is 106 Å². The van der Waals surface area contributed by atoms with E-state index in [-0.39, 0.29) is 0 Å². The number of hydrogen-bond donors (Lipinski definition) is 0. The molecule has 1 fully saturated rings. The topological polar surface area (TPSA) is 44.2 Å². The molecule has 0 N–H and O–H groups in total. The smallest absolute Gasteiger partial charge is 0.399 e. The Morgan fingerprint density at radius 2 is 0.606 bits per heavy atom. The second-order valence-corrected chi connectivity index (χ2v) is 19.5. The molecule has 0 aliphatic carbocycles. The molecule has 4 nitrogen and oxygen atoms in total. The average Bonchev–Trinajstić information content (AvgIpc) is 3.66. The minimum absolute atomic E-state index is 0.503. The van der Waals surface area contributed by atoms with Crippen molar-refractivity contribution < 1.29 is 9.31 Å². The molecule has 71 heavy (non-hydrogen) atoms. The Morgan fingerprint density at radius 3 is 1.00 bits per heavy atom. The first-order chi connectivity index (χ1) is 34.7. The highest BCUT2D eigenvalue weighted by Crippen LogP contribution is 2.42. The summed E-state index contributed by atoms with van der Waals surface area (Å²) in [6.07, 6.45) is 4.03. The number of pyridine rings is 2. The summed E-state index contributed by atoms with van der Waals surface area (Å²) >= 11 is 0. The number of nitrogens with zero attached hydrogens (tertiary/aromatic N) is 2. The molecule has 12 rings (SSSR count). The lowest BCUT2D eigenvalue weighted by atomic mass is 9.75. The summed E-state index contributed by atoms with van der Waals surface area (Å²) in [6, 6.07) is 80.1. The van der Waals surface area contributed by atoms with Crippen molar-refractivity contribution in [1.29, 1.82) is 0 Å². The van der Waals surface area contributed by atoms with Gasteiger partial charge in [0.2, 0.25) is 0 Å². The molecule has 0 bridgehead atoms. The normalized spacial score (nSPS) is 14.0. The van der Waals surface area contributed by atoms with E-state index in [1.54, 1.807) is 0 Å². The van der Waals surface area contributed by atoms with E-state index in [9.17, 15) is 0 Å². The van der Waals surface area contributed by atoms with Crippen molar-refractivity contribution in [1.82, 2.24) is 9.97 Å². The zero-order valence-corrected chi connectivity index (χ0v) is 40.3. The quantitative estimate of drug-likeness (QED) is 0.135. The fraction of sp³-hybridized carbons (Fsp3) is 0.0909. The average molecular weight is 915 g/mol. The van der Waals surface area contributed by atoms with Gasteiger partial charge in [0.05, 0.1) is 22.6 Å². The third-order valence-corrected chi connectivity index (χ3v) is 14.7. The lowest BCUT2D eigenvalue weighted by Gasteiger charge is -2.32. The van der Waals surface area contributed by atoms with Gasteiger partial charge in [-0.1, -0.05) is 218 Å². The Hall–Kier alpha value is -8.22. The molecule has 1 aliphatic rings. The maximum absolute atomic E-state index is 6.76. The van der Waals surface area contributed by atoms with E-state index in [0.29, 0.717) is 0 Å². The summed E-state index contributed by atoms with van der Waals surface area (Å²) in [6.45, 7) is 8.45. The number of fused-ring (bicyclic) bond motifs is 2. The van der Waals surface area contributed by atoms with Crippen molar-refractivity contribution in [2.75, 3.05) is 0 Å². The van der Waals surface area contributed by atoms with Crippen molar-refractivity contribution in [2.45, 2.75) is 38.9 Å². The summed E-state index contributed by atoms with van der Waals surface area (Å²) in [7, 11) is -0.553. The molecule has 1 aliphatic heterocycles. The number of hydrogen-bond acceptors (Lipinski definition) is 4. The molecule has 2 aromatic heterocycles. The van der Waals surface area contributed by atoms with E-state index in [4.69, 9.17) is 19.3 Å². The third-order valence-electron chi connectivity index (χ3n) is 14.7. The molecule has 0 amide bonds. The van der Waals surface area contributed by atoms with Crippen molar-refractivity contribution in [3.05, 3.63) is 237 Å². The van der Waals surface area contributed by atoms with Gasteiger partial charge in [-0.2, -0.15) is 0 Å². The highest BCUT2D eigenvalue weighted by Gasteiger charge is 2.52. The van der Waals surface area contributed by atoms with E-state index in [1.165, 1.54) is 10.8 Å². The van der Waals surface area contributed by atoms with Crippen LogP contribution in [-0.2, 0) is 9.31 Å². The first-order valence-corrected chi connectivity index (χ1v) is 24.5. The van der Waals surface area contributed by atoms with Crippen LogP contribution < -0.4 is 5.46 Å². The van der Waals surface area contributed by atoms with Gasteiger partial charge >= 0.3 is 7.12 Å². The second-order valence-electron chi connectivity index (χ2n) is 19.5. The van der Waals surface area contributed by atoms with Crippen molar-refractivity contribution in [3.8, 4) is 89.3 Å². The molecule has 9 aromatic carbocycles. The van der Waals surface area contributed by atoms with Crippen LogP contribution in [0.4, 0.5) is 0 Å². The van der Waals surface area contributed by atoms with Crippen LogP contribution in [0.2, 0.25) is 0 Å². The van der Waals surface area contributed by atoms with Gasteiger partial charge in [0.1, 0.15) is 0 Å². The SMILES string of the molecule is CC1(C)OB(c2cc(-c3ccccc3-c3ccc(-c4ncc(-c5ccccc5)c5ccccc45)cc3)cc(-c3ccccc3-c3ccc(-c4ncc(-c5ccccc5)c5ccccc45)cc3)c2)OC1(C)C. The van der Waals surface area contributed by atoms with E-state index in [2.05, 4.69) is 252 Å². The van der Waals surface area contributed by atoms with Gasteiger partial charge < -0.3 is 9.31 Å². The summed E-state index contributed by atoms with van der Waals surface area (Å²) in [4.78, 5) is 10.1. The molecule has 11 aromatic rings. The molecular formula is C66H51BN2O2. The van der Waals surface area contributed by atoms with Gasteiger partial charge in [0, 0.05) is 45.4 Å². The molecule has 340 valence electrons. The van der Waals surface area contributed by atoms with Gasteiger partial charge in [0.25, 0.3) is 0 Å². The third kappa shape index (κ3) is 8.13. The first kappa shape index (κ1) is 44.0. The van der Waals surface area contributed by atoms with Crippen LogP contribution in [0.1, 0.15) is 27.7 Å². The molecule has 0 spiro atoms. The van der Waals surface area contributed by atoms with Crippen LogP contribution in [0.3, 0.4) is 0 Å². The summed E-state index contributed by atoms with van der Waals surface area (Å²) < 4.78 is 13.5. The number of rotatable bonds is 9. The van der Waals surface area contributed by atoms with E-state index < -0.39 is 18.3 Å². The highest BCUT2D eigenvalue weighted by atomic mass is 16.7. The molecule has 3 heterocycles. The van der Waals surface area contributed by atoms with Crippen LogP contribution in [0.15, 0.2) is 237 Å². The Morgan fingerprint density at radius 1 is 0.296 bits per heavy atom. The largest absolute Gasteiger partial charge is 0.494 e. The van der Waals surface area contributed by atoms with Gasteiger partial charge in [-0.3, -0.25) is 9.97 Å². The molecule has 0 radical (unpaired) electrons. The van der Waals surface area contributed by atoms with Crippen LogP contribution in [0, 0.1) is 0 Å². The fourth-order valence-corrected chi connectivity index (χ4v) is 10.2. The maximum atomic E-state index is 6.76. The molecule has 0 atom stereocenters. The number of benzene rings is 9. The van der Waals surface area contributed by atoms with E-state index >= 15 is 0 Å². The molecule has 0 saturated carbocycles. The van der Waals surface area contributed by atoms with Crippen molar-refractivity contribution in [2.24, 2.45) is 0 Å². The van der Waals surface area contributed by atoms with Crippen LogP contribution in [0.5, 0.6) is 0 Å². The first-order valence-electron chi connectivity index (χ1n) is 24.5. The van der Waals surface area contributed by atoms with Gasteiger partial charge in [-0.15, -0.1) is 0 Å². The Bertz CT molecular complexity index is 3510. The minimum atomic E-state index is -0.553. The van der Waals surface area contributed by atoms with Gasteiger partial charge in [0.15, 0.2) is 0 Å². The zero-order chi connectivity index (χ0) is 48.1. The lowest BCUT2D eigenvalue weighted by Crippen LogP contribution is -2.41. The highest BCUT2D eigenvalue weighted by molar-refractivity contribution is 6.62. The standard InChI is InChI=1S/C66H51BN2O2/c1-65(2)66(3,4)71-67(70-65)52-40-50(55-25-13-11-23-53(55)46-31-35-48(36-32-46)63-59-29-17-15-27-57(59)61(42-68-63)44-19-7-5-8-20-44)39-51(41-52)56-26-14-12-24-54(56)47-33-37-49(38-34-47)64-60-30-18-16-28-58(60)62(43-69-64)45-21-9-6-10-22-45/h5-43H,1-4H3. The Kier molecular flexibility index (Phi) is 11.1. The molecule has 0 unspecified atom stereocenters. The van der Waals surface area contributed by atoms with Gasteiger partial charge in [-0.25, -0.2) is 0 Å². The molecule has 5 heteroatoms. The second kappa shape index (κ2) is 17.9. The summed E-state index contributed by atoms with van der Waals surface area (Å²) in [5, 5.41) is 4.63. The predicted molar refractivity (Wildman–Crippen MR) is 296 cm³/mol. The van der Waals surface area contributed by atoms with Crippen LogP contribution in [-0.4, -0.2) is 28.3 Å². The van der Waals surface area contributed by atoms with Crippen molar-refractivity contribution in [3.63, 3.8) is 0 Å². The fourth-order valence-electron chi connectivity index (χ4n) is 10.2. The minimum Gasteiger partial charge on any atom is -0.399 e. The Labute approximate surface area is 416 Å². The summed E-state index contributed by atoms with van der Waals surface area (Å²) in [5.41, 5.74) is 17.5. The zero-order valence-electron chi connectivity index (χ0n) is 40.3. The predicted octanol–water partition coefficient (Wildman–Crippen LogP) is 16.4. The van der Waals surface area contributed by atoms with Gasteiger partial charge in [-0.05, 0) is 106 Å². The molecule has 1 saturated heterocycles. The van der Waals surface area contributed by atoms with Crippen molar-refractivity contribution >= 4 is 34.1 Å². The number of aromatic nitrogens is 2. The van der Waals surface area contributed by atoms with E-state index in [1.807, 2.05) is 12.4 Å². The maximum Gasteiger partial charge on any atom is 0.494 e. The van der Waals surface area contributed by atoms with Crippen LogP contribution >= 0.6 is 0 Å². The van der Waals surface area contributed by atoms with Crippen LogP contribution in [0.25, 0.3) is 111 Å². The molecular weight excluding hydrogens is 864 g/mol. The Balaban J connectivity index is 0.926. The monoisotopic (exact) mass is 914 g/mol.